The van der Waals surface area contributed by atoms with Crippen LogP contribution in [0.5, 0.6) is 0 Å². The highest BCUT2D eigenvalue weighted by molar-refractivity contribution is 4.93. The molecule has 0 saturated carbocycles. The first-order valence-electron chi connectivity index (χ1n) is 7.04. The lowest BCUT2D eigenvalue weighted by atomic mass is 9.97. The lowest BCUT2D eigenvalue weighted by Gasteiger charge is -2.44. The molecule has 0 spiro atoms. The Hall–Kier alpha value is -0.440. The minimum atomic E-state index is -2.38. The van der Waals surface area contributed by atoms with Gasteiger partial charge >= 0.3 is 0 Å². The Bertz CT molecular complexity index is 393. The van der Waals surface area contributed by atoms with Crippen molar-refractivity contribution in [2.75, 3.05) is 19.8 Å². The van der Waals surface area contributed by atoms with Gasteiger partial charge in [-0.2, -0.15) is 0 Å². The molecule has 0 bridgehead atoms. The summed E-state index contributed by atoms with van der Waals surface area (Å²) in [5, 5.41) is 76.8. The highest BCUT2D eigenvalue weighted by Gasteiger charge is 2.50. The Morgan fingerprint density at radius 1 is 0.957 bits per heavy atom. The molecule has 0 aromatic carbocycles. The summed E-state index contributed by atoms with van der Waals surface area (Å²) in [5.74, 6) is -2.38. The van der Waals surface area contributed by atoms with Crippen LogP contribution in [0, 0.1) is 0 Å². The topological polar surface area (TPSA) is 190 Å². The van der Waals surface area contributed by atoms with E-state index in [0.717, 1.165) is 0 Å². The fourth-order valence-corrected chi connectivity index (χ4v) is 2.42. The lowest BCUT2D eigenvalue weighted by molar-refractivity contribution is -0.364. The highest BCUT2D eigenvalue weighted by atomic mass is 16.7. The number of rotatable bonds is 4. The van der Waals surface area contributed by atoms with Crippen molar-refractivity contribution in [1.82, 2.24) is 0 Å². The molecule has 11 nitrogen and oxygen atoms in total. The first kappa shape index (κ1) is 18.9. The Kier molecular flexibility index (Phi) is 5.92. The van der Waals surface area contributed by atoms with Gasteiger partial charge in [0.1, 0.15) is 49.3 Å². The SMILES string of the molecule is OC[C@H]1O[C@H](OC[C@]2(O)OC[C@@H](O)[C@@H](O)[C@H]2O)[C@H](O)[C@@H](O)[C@@H]1O. The molecule has 8 N–H and O–H groups in total. The maximum Gasteiger partial charge on any atom is 0.219 e. The monoisotopic (exact) mass is 342 g/mol. The van der Waals surface area contributed by atoms with Gasteiger partial charge in [0.05, 0.1) is 13.2 Å². The zero-order chi connectivity index (χ0) is 17.4. The Balaban J connectivity index is 1.99. The molecular weight excluding hydrogens is 320 g/mol. The van der Waals surface area contributed by atoms with E-state index in [1.807, 2.05) is 0 Å². The summed E-state index contributed by atoms with van der Waals surface area (Å²) in [6.45, 7) is -1.90. The van der Waals surface area contributed by atoms with Gasteiger partial charge in [-0.1, -0.05) is 0 Å². The van der Waals surface area contributed by atoms with Gasteiger partial charge in [-0.15, -0.1) is 0 Å². The van der Waals surface area contributed by atoms with Crippen molar-refractivity contribution in [3.05, 3.63) is 0 Å². The number of ether oxygens (including phenoxy) is 3. The summed E-state index contributed by atoms with van der Waals surface area (Å²) in [7, 11) is 0. The summed E-state index contributed by atoms with van der Waals surface area (Å²) >= 11 is 0. The van der Waals surface area contributed by atoms with Gasteiger partial charge in [0.15, 0.2) is 6.29 Å². The van der Waals surface area contributed by atoms with E-state index < -0.39 is 74.6 Å². The molecule has 11 heteroatoms. The van der Waals surface area contributed by atoms with E-state index in [4.69, 9.17) is 19.3 Å². The molecule has 2 heterocycles. The van der Waals surface area contributed by atoms with Crippen LogP contribution >= 0.6 is 0 Å². The maximum absolute atomic E-state index is 10.1. The minimum Gasteiger partial charge on any atom is -0.394 e. The summed E-state index contributed by atoms with van der Waals surface area (Å²) in [5.41, 5.74) is 0. The standard InChI is InChI=1S/C12H22O11/c13-1-5-7(16)8(17)9(18)11(23-5)21-3-12(20)10(19)6(15)4(14)2-22-12/h4-11,13-20H,1-3H2/t4-,5-,6-,7-,8+,9-,10-,11+,12+/m1/s1. The third-order valence-electron chi connectivity index (χ3n) is 3.99. The molecule has 0 unspecified atom stereocenters. The van der Waals surface area contributed by atoms with E-state index in [2.05, 4.69) is 0 Å². The molecular formula is C12H22O11. The van der Waals surface area contributed by atoms with Crippen LogP contribution in [0.3, 0.4) is 0 Å². The summed E-state index contributed by atoms with van der Waals surface area (Å²) in [6.07, 6.45) is -12.6. The summed E-state index contributed by atoms with van der Waals surface area (Å²) < 4.78 is 15.0. The molecule has 136 valence electrons. The van der Waals surface area contributed by atoms with Crippen molar-refractivity contribution < 1.29 is 55.1 Å². The van der Waals surface area contributed by atoms with E-state index in [-0.39, 0.29) is 0 Å². The van der Waals surface area contributed by atoms with E-state index in [9.17, 15) is 35.7 Å². The van der Waals surface area contributed by atoms with Gasteiger partial charge in [-0.05, 0) is 0 Å². The van der Waals surface area contributed by atoms with Gasteiger partial charge in [0, 0.05) is 0 Å². The predicted molar refractivity (Wildman–Crippen MR) is 68.6 cm³/mol. The molecule has 2 rings (SSSR count). The van der Waals surface area contributed by atoms with Crippen LogP contribution in [0.2, 0.25) is 0 Å². The molecule has 2 saturated heterocycles. The molecule has 9 atom stereocenters. The van der Waals surface area contributed by atoms with Crippen LogP contribution in [0.4, 0.5) is 0 Å². The number of hydrogen-bond acceptors (Lipinski definition) is 11. The molecule has 2 aliphatic heterocycles. The second kappa shape index (κ2) is 7.21. The first-order chi connectivity index (χ1) is 10.7. The van der Waals surface area contributed by atoms with E-state index in [1.165, 1.54) is 0 Å². The maximum atomic E-state index is 10.1. The molecule has 0 aromatic heterocycles. The largest absolute Gasteiger partial charge is 0.394 e. The van der Waals surface area contributed by atoms with E-state index >= 15 is 0 Å². The Morgan fingerprint density at radius 3 is 2.22 bits per heavy atom. The molecule has 2 aliphatic rings. The number of aliphatic hydroxyl groups excluding tert-OH is 7. The van der Waals surface area contributed by atoms with Crippen LogP contribution in [0.1, 0.15) is 0 Å². The number of aliphatic hydroxyl groups is 8. The quantitative estimate of drug-likeness (QED) is 0.243. The zero-order valence-corrected chi connectivity index (χ0v) is 12.0. The molecule has 23 heavy (non-hydrogen) atoms. The number of hydrogen-bond donors (Lipinski definition) is 8. The average Bonchev–Trinajstić information content (AvgIpc) is 2.54. The van der Waals surface area contributed by atoms with Gasteiger partial charge in [-0.3, -0.25) is 0 Å². The van der Waals surface area contributed by atoms with E-state index in [0.29, 0.717) is 0 Å². The van der Waals surface area contributed by atoms with Gasteiger partial charge in [0.25, 0.3) is 0 Å². The minimum absolute atomic E-state index is 0.466. The van der Waals surface area contributed by atoms with Crippen molar-refractivity contribution in [3.8, 4) is 0 Å². The normalized spacial score (nSPS) is 51.7. The smallest absolute Gasteiger partial charge is 0.219 e. The Morgan fingerprint density at radius 2 is 1.61 bits per heavy atom. The van der Waals surface area contributed by atoms with E-state index in [1.54, 1.807) is 0 Å². The third kappa shape index (κ3) is 3.65. The molecule has 0 amide bonds. The van der Waals surface area contributed by atoms with Crippen LogP contribution in [-0.4, -0.2) is 115 Å². The zero-order valence-electron chi connectivity index (χ0n) is 12.0. The van der Waals surface area contributed by atoms with Gasteiger partial charge in [-0.25, -0.2) is 0 Å². The lowest BCUT2D eigenvalue weighted by Crippen LogP contribution is -2.64. The van der Waals surface area contributed by atoms with Crippen molar-refractivity contribution >= 4 is 0 Å². The van der Waals surface area contributed by atoms with Crippen LogP contribution < -0.4 is 0 Å². The molecule has 0 radical (unpaired) electrons. The summed E-state index contributed by atoms with van der Waals surface area (Å²) in [6, 6.07) is 0. The highest BCUT2D eigenvalue weighted by Crippen LogP contribution is 2.27. The van der Waals surface area contributed by atoms with Crippen molar-refractivity contribution in [2.45, 2.75) is 54.8 Å². The second-order valence-corrected chi connectivity index (χ2v) is 5.67. The second-order valence-electron chi connectivity index (χ2n) is 5.67. The van der Waals surface area contributed by atoms with Crippen LogP contribution in [0.15, 0.2) is 0 Å². The van der Waals surface area contributed by atoms with Crippen LogP contribution in [0.25, 0.3) is 0 Å². The fraction of sp³-hybridized carbons (Fsp3) is 1.00. The summed E-state index contributed by atoms with van der Waals surface area (Å²) in [4.78, 5) is 0. The van der Waals surface area contributed by atoms with Crippen molar-refractivity contribution in [2.24, 2.45) is 0 Å². The molecule has 2 fully saturated rings. The predicted octanol–water partition coefficient (Wildman–Crippen LogP) is -5.40. The third-order valence-corrected chi connectivity index (χ3v) is 3.99. The van der Waals surface area contributed by atoms with Gasteiger partial charge in [0.2, 0.25) is 5.79 Å². The van der Waals surface area contributed by atoms with Gasteiger partial charge < -0.3 is 55.1 Å². The Labute approximate surface area is 130 Å². The fourth-order valence-electron chi connectivity index (χ4n) is 2.42. The van der Waals surface area contributed by atoms with Crippen molar-refractivity contribution in [3.63, 3.8) is 0 Å². The first-order valence-corrected chi connectivity index (χ1v) is 7.04. The van der Waals surface area contributed by atoms with Crippen LogP contribution in [-0.2, 0) is 14.2 Å². The van der Waals surface area contributed by atoms with Crippen molar-refractivity contribution in [1.29, 1.82) is 0 Å². The molecule has 0 aromatic rings. The molecule has 0 aliphatic carbocycles. The average molecular weight is 342 g/mol.